The zero-order chi connectivity index (χ0) is 11.9. The summed E-state index contributed by atoms with van der Waals surface area (Å²) < 4.78 is 0. The Balaban J connectivity index is 2.91. The van der Waals surface area contributed by atoms with E-state index in [0.29, 0.717) is 11.8 Å². The number of carbonyl (C=O) groups is 1. The smallest absolute Gasteiger partial charge is 0.217 e. The van der Waals surface area contributed by atoms with Crippen LogP contribution in [0.1, 0.15) is 54.4 Å². The van der Waals surface area contributed by atoms with Crippen molar-refractivity contribution in [3.8, 4) is 0 Å². The molecule has 1 fully saturated rings. The number of amides is 1. The van der Waals surface area contributed by atoms with E-state index in [1.54, 1.807) is 6.92 Å². The first kappa shape index (κ1) is 12.5. The Hall–Kier alpha value is -0.530. The number of rotatable bonds is 2. The summed E-state index contributed by atoms with van der Waals surface area (Å²) in [5, 5.41) is 3.15. The van der Waals surface area contributed by atoms with Gasteiger partial charge in [-0.25, -0.2) is 0 Å². The van der Waals surface area contributed by atoms with Gasteiger partial charge in [-0.15, -0.1) is 0 Å². The summed E-state index contributed by atoms with van der Waals surface area (Å²) in [4.78, 5) is 11.3. The summed E-state index contributed by atoms with van der Waals surface area (Å²) in [6, 6.07) is 0. The molecule has 1 aliphatic rings. The molecule has 0 radical (unpaired) electrons. The summed E-state index contributed by atoms with van der Waals surface area (Å²) in [6.07, 6.45) is 2.32. The molecule has 0 bridgehead atoms. The Kier molecular flexibility index (Phi) is 3.18. The molecule has 1 aliphatic carbocycles. The van der Waals surface area contributed by atoms with Crippen molar-refractivity contribution in [1.29, 1.82) is 0 Å². The van der Waals surface area contributed by atoms with Gasteiger partial charge in [-0.3, -0.25) is 4.79 Å². The van der Waals surface area contributed by atoms with Gasteiger partial charge in [0.15, 0.2) is 0 Å². The molecule has 1 N–H and O–H groups in total. The number of hydrogen-bond donors (Lipinski definition) is 1. The van der Waals surface area contributed by atoms with E-state index in [1.807, 2.05) is 0 Å². The fourth-order valence-electron chi connectivity index (χ4n) is 3.32. The lowest BCUT2D eigenvalue weighted by Gasteiger charge is -2.43. The molecular weight excluding hydrogens is 186 g/mol. The maximum atomic E-state index is 11.3. The maximum Gasteiger partial charge on any atom is 0.217 e. The van der Waals surface area contributed by atoms with Gasteiger partial charge in [0.05, 0.1) is 0 Å². The van der Waals surface area contributed by atoms with Gasteiger partial charge in [-0.05, 0) is 37.0 Å². The molecule has 0 aliphatic heterocycles. The molecule has 15 heavy (non-hydrogen) atoms. The fraction of sp³-hybridized carbons (Fsp3) is 0.923. The van der Waals surface area contributed by atoms with Crippen molar-refractivity contribution in [3.05, 3.63) is 0 Å². The quantitative estimate of drug-likeness (QED) is 0.747. The molecule has 0 spiro atoms. The van der Waals surface area contributed by atoms with Gasteiger partial charge in [0.25, 0.3) is 0 Å². The first-order valence-corrected chi connectivity index (χ1v) is 5.99. The van der Waals surface area contributed by atoms with E-state index in [1.165, 1.54) is 6.42 Å². The van der Waals surface area contributed by atoms with E-state index >= 15 is 0 Å². The molecule has 0 aromatic heterocycles. The van der Waals surface area contributed by atoms with Crippen LogP contribution in [0.3, 0.4) is 0 Å². The molecule has 88 valence electrons. The predicted octanol–water partition coefficient (Wildman–Crippen LogP) is 2.97. The van der Waals surface area contributed by atoms with Crippen LogP contribution in [0.25, 0.3) is 0 Å². The third kappa shape index (κ3) is 2.04. The van der Waals surface area contributed by atoms with Crippen LogP contribution >= 0.6 is 0 Å². The Morgan fingerprint density at radius 1 is 1.33 bits per heavy atom. The molecule has 0 aromatic carbocycles. The van der Waals surface area contributed by atoms with Crippen molar-refractivity contribution in [1.82, 2.24) is 5.32 Å². The van der Waals surface area contributed by atoms with Gasteiger partial charge in [-0.2, -0.15) is 0 Å². The van der Waals surface area contributed by atoms with E-state index in [-0.39, 0.29) is 16.9 Å². The van der Waals surface area contributed by atoms with Crippen molar-refractivity contribution in [2.24, 2.45) is 17.3 Å². The molecule has 1 rings (SSSR count). The van der Waals surface area contributed by atoms with Crippen molar-refractivity contribution in [2.45, 2.75) is 59.9 Å². The van der Waals surface area contributed by atoms with Crippen molar-refractivity contribution in [2.75, 3.05) is 0 Å². The molecule has 1 amide bonds. The largest absolute Gasteiger partial charge is 0.351 e. The topological polar surface area (TPSA) is 29.1 Å². The highest BCUT2D eigenvalue weighted by molar-refractivity contribution is 5.74. The lowest BCUT2D eigenvalue weighted by molar-refractivity contribution is -0.122. The first-order valence-electron chi connectivity index (χ1n) is 5.99. The predicted molar refractivity (Wildman–Crippen MR) is 63.6 cm³/mol. The van der Waals surface area contributed by atoms with E-state index < -0.39 is 0 Å². The van der Waals surface area contributed by atoms with Crippen LogP contribution in [0.15, 0.2) is 0 Å². The standard InChI is InChI=1S/C13H25NO/c1-9(2)11-7-8-13(6,12(11,4)5)14-10(3)15/h9,11H,7-8H2,1-6H3,(H,14,15)/t11?,13-/m0/s1. The summed E-state index contributed by atoms with van der Waals surface area (Å²) >= 11 is 0. The molecule has 2 atom stereocenters. The highest BCUT2D eigenvalue weighted by atomic mass is 16.1. The Morgan fingerprint density at radius 2 is 1.87 bits per heavy atom. The van der Waals surface area contributed by atoms with Gasteiger partial charge in [0, 0.05) is 12.5 Å². The third-order valence-corrected chi connectivity index (χ3v) is 4.56. The van der Waals surface area contributed by atoms with Crippen LogP contribution in [0.4, 0.5) is 0 Å². The molecule has 2 heteroatoms. The molecule has 0 heterocycles. The minimum Gasteiger partial charge on any atom is -0.351 e. The summed E-state index contributed by atoms with van der Waals surface area (Å²) in [5.41, 5.74) is 0.153. The highest BCUT2D eigenvalue weighted by Crippen LogP contribution is 2.52. The van der Waals surface area contributed by atoms with Gasteiger partial charge >= 0.3 is 0 Å². The maximum absolute atomic E-state index is 11.3. The molecular formula is C13H25NO. The molecule has 0 aromatic rings. The average molecular weight is 211 g/mol. The van der Waals surface area contributed by atoms with Crippen LogP contribution in [-0.2, 0) is 4.79 Å². The van der Waals surface area contributed by atoms with Crippen molar-refractivity contribution in [3.63, 3.8) is 0 Å². The number of hydrogen-bond acceptors (Lipinski definition) is 1. The lowest BCUT2D eigenvalue weighted by atomic mass is 9.68. The van der Waals surface area contributed by atoms with E-state index in [4.69, 9.17) is 0 Å². The number of carbonyl (C=O) groups excluding carboxylic acids is 1. The highest BCUT2D eigenvalue weighted by Gasteiger charge is 2.52. The summed E-state index contributed by atoms with van der Waals surface area (Å²) in [6.45, 7) is 13.0. The van der Waals surface area contributed by atoms with Gasteiger partial charge < -0.3 is 5.32 Å². The first-order chi connectivity index (χ1) is 6.71. The van der Waals surface area contributed by atoms with E-state index in [2.05, 4.69) is 39.9 Å². The second-order valence-corrected chi connectivity index (χ2v) is 6.12. The third-order valence-electron chi connectivity index (χ3n) is 4.56. The minimum atomic E-state index is -0.0340. The molecule has 2 nitrogen and oxygen atoms in total. The zero-order valence-electron chi connectivity index (χ0n) is 11.0. The van der Waals surface area contributed by atoms with Crippen LogP contribution in [-0.4, -0.2) is 11.4 Å². The Bertz CT molecular complexity index is 257. The molecule has 0 saturated heterocycles. The second kappa shape index (κ2) is 3.80. The Labute approximate surface area is 93.8 Å². The van der Waals surface area contributed by atoms with Gasteiger partial charge in [0.2, 0.25) is 5.91 Å². The van der Waals surface area contributed by atoms with Crippen LogP contribution < -0.4 is 5.32 Å². The van der Waals surface area contributed by atoms with E-state index in [0.717, 1.165) is 6.42 Å². The van der Waals surface area contributed by atoms with Gasteiger partial charge in [0.1, 0.15) is 0 Å². The second-order valence-electron chi connectivity index (χ2n) is 6.12. The molecule has 1 saturated carbocycles. The van der Waals surface area contributed by atoms with Crippen LogP contribution in [0.5, 0.6) is 0 Å². The van der Waals surface area contributed by atoms with Crippen LogP contribution in [0, 0.1) is 17.3 Å². The average Bonchev–Trinajstić information content (AvgIpc) is 2.21. The van der Waals surface area contributed by atoms with Crippen LogP contribution in [0.2, 0.25) is 0 Å². The normalized spacial score (nSPS) is 34.5. The zero-order valence-corrected chi connectivity index (χ0v) is 11.0. The fourth-order valence-corrected chi connectivity index (χ4v) is 3.32. The SMILES string of the molecule is CC(=O)N[C@@]1(C)CCC(C(C)C)C1(C)C. The molecule has 1 unspecified atom stereocenters. The lowest BCUT2D eigenvalue weighted by Crippen LogP contribution is -2.54. The minimum absolute atomic E-state index is 0.0340. The van der Waals surface area contributed by atoms with Gasteiger partial charge in [-0.1, -0.05) is 27.7 Å². The van der Waals surface area contributed by atoms with E-state index in [9.17, 15) is 4.79 Å². The summed E-state index contributed by atoms with van der Waals surface area (Å²) in [7, 11) is 0. The van der Waals surface area contributed by atoms with Crippen molar-refractivity contribution < 1.29 is 4.79 Å². The van der Waals surface area contributed by atoms with Crippen molar-refractivity contribution >= 4 is 5.91 Å². The number of nitrogens with one attached hydrogen (secondary N) is 1. The monoisotopic (exact) mass is 211 g/mol. The summed E-state index contributed by atoms with van der Waals surface area (Å²) in [5.74, 6) is 1.49. The Morgan fingerprint density at radius 3 is 2.20 bits per heavy atom.